The third-order valence-corrected chi connectivity index (χ3v) is 7.49. The van der Waals surface area contributed by atoms with Gasteiger partial charge in [-0.25, -0.2) is 0 Å². The Labute approximate surface area is 134 Å². The van der Waals surface area contributed by atoms with Gasteiger partial charge in [0.1, 0.15) is 0 Å². The molecule has 0 radical (unpaired) electrons. The Hall–Kier alpha value is 0.380. The Balaban J connectivity index is 0. The first kappa shape index (κ1) is 16.4. The van der Waals surface area contributed by atoms with Gasteiger partial charge in [0.25, 0.3) is 0 Å². The van der Waals surface area contributed by atoms with Crippen LogP contribution in [0.5, 0.6) is 0 Å². The SMILES string of the molecule is C[SiH](C)C1=CCC([N]([Zr])C(C)(C)C)=C1C(C)(C)C.[H-].[H-]. The van der Waals surface area contributed by atoms with Crippen LogP contribution in [-0.4, -0.2) is 17.2 Å². The molecule has 0 saturated heterocycles. The van der Waals surface area contributed by atoms with Crippen molar-refractivity contribution in [3.63, 3.8) is 0 Å². The van der Waals surface area contributed by atoms with Crippen molar-refractivity contribution in [3.05, 3.63) is 22.5 Å². The van der Waals surface area contributed by atoms with E-state index in [1.807, 2.05) is 0 Å². The Morgan fingerprint density at radius 1 is 1.17 bits per heavy atom. The first-order chi connectivity index (χ1) is 7.96. The number of hydrogen-bond donors (Lipinski definition) is 0. The van der Waals surface area contributed by atoms with Gasteiger partial charge in [-0.15, -0.1) is 0 Å². The molecule has 0 atom stereocenters. The zero-order chi connectivity index (χ0) is 14.3. The molecule has 0 aliphatic heterocycles. The Morgan fingerprint density at radius 3 is 2.00 bits per heavy atom. The molecule has 0 heterocycles. The summed E-state index contributed by atoms with van der Waals surface area (Å²) in [6.07, 6.45) is 3.66. The van der Waals surface area contributed by atoms with Crippen molar-refractivity contribution in [2.45, 2.75) is 66.6 Å². The fourth-order valence-corrected chi connectivity index (χ4v) is 4.84. The van der Waals surface area contributed by atoms with Crippen molar-refractivity contribution in [2.75, 3.05) is 0 Å². The van der Waals surface area contributed by atoms with E-state index in [4.69, 9.17) is 0 Å². The molecule has 0 saturated carbocycles. The van der Waals surface area contributed by atoms with Crippen LogP contribution in [0.2, 0.25) is 13.1 Å². The number of hydrogen-bond acceptors (Lipinski definition) is 1. The molecule has 0 aromatic rings. The van der Waals surface area contributed by atoms with Crippen LogP contribution >= 0.6 is 0 Å². The minimum absolute atomic E-state index is 0. The molecule has 1 rings (SSSR count). The normalized spacial score (nSPS) is 17.4. The zero-order valence-corrected chi connectivity index (χ0v) is 16.9. The second-order valence-electron chi connectivity index (χ2n) is 7.60. The van der Waals surface area contributed by atoms with Crippen molar-refractivity contribution in [1.29, 1.82) is 0 Å². The van der Waals surface area contributed by atoms with E-state index in [9.17, 15) is 0 Å². The van der Waals surface area contributed by atoms with Gasteiger partial charge in [-0.1, -0.05) is 0 Å². The molecule has 3 heteroatoms. The van der Waals surface area contributed by atoms with Gasteiger partial charge in [-0.05, 0) is 0 Å². The predicted molar refractivity (Wildman–Crippen MR) is 81.9 cm³/mol. The summed E-state index contributed by atoms with van der Waals surface area (Å²) in [4.78, 5) is 0. The van der Waals surface area contributed by atoms with Crippen LogP contribution in [-0.2, 0) is 25.0 Å². The molecule has 0 aromatic heterocycles. The Morgan fingerprint density at radius 2 is 1.67 bits per heavy atom. The fourth-order valence-electron chi connectivity index (χ4n) is 2.58. The van der Waals surface area contributed by atoms with E-state index in [0.717, 1.165) is 6.42 Å². The van der Waals surface area contributed by atoms with E-state index in [0.29, 0.717) is 0 Å². The molecule has 0 unspecified atom stereocenters. The third kappa shape index (κ3) is 3.48. The van der Waals surface area contributed by atoms with Crippen LogP contribution in [0.3, 0.4) is 0 Å². The van der Waals surface area contributed by atoms with E-state index in [-0.39, 0.29) is 13.8 Å². The molecule has 1 aliphatic rings. The second kappa shape index (κ2) is 5.40. The Kier molecular flexibility index (Phi) is 4.93. The summed E-state index contributed by atoms with van der Waals surface area (Å²) in [5.74, 6) is 0. The number of rotatable bonds is 2. The van der Waals surface area contributed by atoms with Gasteiger partial charge in [0, 0.05) is 0 Å². The summed E-state index contributed by atoms with van der Waals surface area (Å²) in [5, 5.41) is 1.70. The van der Waals surface area contributed by atoms with Crippen LogP contribution in [0.1, 0.15) is 50.8 Å². The van der Waals surface area contributed by atoms with E-state index in [1.165, 1.54) is 25.0 Å². The summed E-state index contributed by atoms with van der Waals surface area (Å²) in [5.41, 5.74) is 3.75. The topological polar surface area (TPSA) is 3.24 Å². The molecule has 0 N–H and O–H groups in total. The van der Waals surface area contributed by atoms with Crippen molar-refractivity contribution in [1.82, 2.24) is 2.84 Å². The van der Waals surface area contributed by atoms with E-state index in [1.54, 1.807) is 16.5 Å². The molecular formula is C15H30NSiZr-2. The fraction of sp³-hybridized carbons (Fsp3) is 0.733. The van der Waals surface area contributed by atoms with E-state index in [2.05, 4.69) is 63.6 Å². The van der Waals surface area contributed by atoms with Crippen LogP contribution in [0.25, 0.3) is 0 Å². The monoisotopic (exact) mass is 342 g/mol. The maximum Gasteiger partial charge on any atom is -1.00 e. The average Bonchev–Trinajstić information content (AvgIpc) is 2.57. The first-order valence-electron chi connectivity index (χ1n) is 6.91. The van der Waals surface area contributed by atoms with Crippen molar-refractivity contribution >= 4 is 8.80 Å². The first-order valence-corrected chi connectivity index (χ1v) is 10.9. The van der Waals surface area contributed by atoms with Crippen molar-refractivity contribution in [3.8, 4) is 0 Å². The maximum absolute atomic E-state index is 2.57. The quantitative estimate of drug-likeness (QED) is 0.670. The minimum Gasteiger partial charge on any atom is -1.00 e. The number of allylic oxidation sites excluding steroid dienone is 3. The molecule has 0 spiro atoms. The van der Waals surface area contributed by atoms with Crippen LogP contribution in [0.15, 0.2) is 22.5 Å². The molecule has 0 bridgehead atoms. The standard InChI is InChI=1S/C15H28NSi.Zr.2H/c1-14(2,3)13-11(16-15(4,5)6)9-10-12(13)17(7)8;;;/h10,17H,9H2,1-8H3;;;/q-1;+1;2*-1. The smallest absolute Gasteiger partial charge is 1.00 e. The molecular weight excluding hydrogens is 313 g/mol. The van der Waals surface area contributed by atoms with Crippen LogP contribution < -0.4 is 0 Å². The van der Waals surface area contributed by atoms with Crippen LogP contribution in [0.4, 0.5) is 0 Å². The third-order valence-electron chi connectivity index (χ3n) is 3.41. The summed E-state index contributed by atoms with van der Waals surface area (Å²) in [6.45, 7) is 19.0. The molecule has 0 fully saturated rings. The van der Waals surface area contributed by atoms with Crippen molar-refractivity contribution in [2.24, 2.45) is 5.41 Å². The largest absolute Gasteiger partial charge is 1.00 e. The molecule has 18 heavy (non-hydrogen) atoms. The number of nitrogens with zero attached hydrogens (tertiary/aromatic N) is 1. The maximum atomic E-state index is 2.57. The van der Waals surface area contributed by atoms with Gasteiger partial charge in [-0.3, -0.25) is 0 Å². The van der Waals surface area contributed by atoms with E-state index < -0.39 is 8.80 Å². The zero-order valence-electron chi connectivity index (χ0n) is 15.3. The Bertz CT molecular complexity index is 390. The van der Waals surface area contributed by atoms with Gasteiger partial charge in [0.15, 0.2) is 0 Å². The molecule has 105 valence electrons. The van der Waals surface area contributed by atoms with E-state index >= 15 is 0 Å². The van der Waals surface area contributed by atoms with Gasteiger partial charge in [-0.2, -0.15) is 0 Å². The van der Waals surface area contributed by atoms with Gasteiger partial charge in [0.2, 0.25) is 0 Å². The predicted octanol–water partition coefficient (Wildman–Crippen LogP) is 4.43. The summed E-state index contributed by atoms with van der Waals surface area (Å²) in [7, 11) is -0.728. The summed E-state index contributed by atoms with van der Waals surface area (Å²) >= 11 is 1.51. The van der Waals surface area contributed by atoms with Crippen LogP contribution in [0, 0.1) is 5.41 Å². The van der Waals surface area contributed by atoms with Gasteiger partial charge >= 0.3 is 131 Å². The summed E-state index contributed by atoms with van der Waals surface area (Å²) in [6, 6.07) is 0. The molecule has 0 amide bonds. The molecule has 1 aliphatic carbocycles. The van der Waals surface area contributed by atoms with Crippen molar-refractivity contribution < 1.29 is 27.9 Å². The molecule has 1 nitrogen and oxygen atoms in total. The average molecular weight is 344 g/mol. The minimum atomic E-state index is -0.728. The summed E-state index contributed by atoms with van der Waals surface area (Å²) < 4.78 is 2.57. The molecule has 0 aromatic carbocycles. The van der Waals surface area contributed by atoms with Gasteiger partial charge in [0.05, 0.1) is 0 Å². The second-order valence-corrected chi connectivity index (χ2v) is 11.6. The van der Waals surface area contributed by atoms with Gasteiger partial charge < -0.3 is 2.85 Å².